The van der Waals surface area contributed by atoms with Crippen molar-refractivity contribution in [2.24, 2.45) is 5.41 Å². The highest BCUT2D eigenvalue weighted by Gasteiger charge is 2.53. The first-order valence-corrected chi connectivity index (χ1v) is 12.9. The predicted molar refractivity (Wildman–Crippen MR) is 119 cm³/mol. The van der Waals surface area contributed by atoms with Gasteiger partial charge in [-0.1, -0.05) is 17.7 Å². The van der Waals surface area contributed by atoms with E-state index in [0.29, 0.717) is 19.1 Å². The van der Waals surface area contributed by atoms with Gasteiger partial charge in [0.05, 0.1) is 5.69 Å². The van der Waals surface area contributed by atoms with Crippen LogP contribution in [0.25, 0.3) is 0 Å². The van der Waals surface area contributed by atoms with E-state index in [-0.39, 0.29) is 11.1 Å². The highest BCUT2D eigenvalue weighted by atomic mass is 35.5. The smallest absolute Gasteiger partial charge is 0.268 e. The number of pyridine rings is 1. The highest BCUT2D eigenvalue weighted by Crippen LogP contribution is 2.53. The van der Waals surface area contributed by atoms with Crippen LogP contribution in [-0.4, -0.2) is 50.5 Å². The van der Waals surface area contributed by atoms with Gasteiger partial charge in [-0.25, -0.2) is 22.2 Å². The number of hydrogen-bond acceptors (Lipinski definition) is 5. The summed E-state index contributed by atoms with van der Waals surface area (Å²) >= 11 is 6.24. The zero-order chi connectivity index (χ0) is 23.4. The maximum atomic E-state index is 15.1. The first-order chi connectivity index (χ1) is 15.7. The minimum Gasteiger partial charge on any atom is -0.370 e. The fourth-order valence-electron chi connectivity index (χ4n) is 5.58. The number of sulfonamides is 1. The second-order valence-corrected chi connectivity index (χ2v) is 11.1. The van der Waals surface area contributed by atoms with Crippen molar-refractivity contribution in [1.29, 1.82) is 0 Å². The molecule has 2 aromatic rings. The summed E-state index contributed by atoms with van der Waals surface area (Å²) in [5.41, 5.74) is 0.231. The molecule has 0 bridgehead atoms. The largest absolute Gasteiger partial charge is 0.370 e. The summed E-state index contributed by atoms with van der Waals surface area (Å²) in [5.74, 6) is -3.97. The Hall–Kier alpha value is -2.04. The van der Waals surface area contributed by atoms with Gasteiger partial charge in [-0.15, -0.1) is 0 Å². The van der Waals surface area contributed by atoms with Crippen molar-refractivity contribution in [3.05, 3.63) is 46.9 Å². The Balaban J connectivity index is 1.41. The highest BCUT2D eigenvalue weighted by molar-refractivity contribution is 7.92. The normalized spacial score (nSPS) is 25.6. The third-order valence-electron chi connectivity index (χ3n) is 7.25. The summed E-state index contributed by atoms with van der Waals surface area (Å²) in [7, 11) is -4.73. The molecular formula is C22H24ClF3N4O2S. The number of nitrogens with zero attached hydrogens (tertiary/aromatic N) is 3. The number of rotatable bonds is 5. The zero-order valence-corrected chi connectivity index (χ0v) is 19.4. The van der Waals surface area contributed by atoms with Crippen molar-refractivity contribution >= 4 is 33.1 Å². The first-order valence-electron chi connectivity index (χ1n) is 11.0. The quantitative estimate of drug-likeness (QED) is 0.486. The lowest BCUT2D eigenvalue weighted by atomic mass is 9.63. The van der Waals surface area contributed by atoms with E-state index in [9.17, 15) is 17.2 Å². The van der Waals surface area contributed by atoms with Crippen molar-refractivity contribution < 1.29 is 21.6 Å². The molecule has 3 aliphatic rings. The van der Waals surface area contributed by atoms with Crippen LogP contribution in [0.2, 0.25) is 5.02 Å². The minimum absolute atomic E-state index is 0.0793. The van der Waals surface area contributed by atoms with Gasteiger partial charge < -0.3 is 4.90 Å². The second-order valence-electron chi connectivity index (χ2n) is 9.12. The summed E-state index contributed by atoms with van der Waals surface area (Å²) in [4.78, 5) is 6.54. The average molecular weight is 501 g/mol. The molecule has 11 heteroatoms. The third-order valence-corrected chi connectivity index (χ3v) is 9.00. The molecule has 1 N–H and O–H groups in total. The fourth-order valence-corrected chi connectivity index (χ4v) is 7.05. The maximum Gasteiger partial charge on any atom is 0.268 e. The van der Waals surface area contributed by atoms with Crippen molar-refractivity contribution in [3.63, 3.8) is 0 Å². The number of anilines is 2. The molecule has 33 heavy (non-hydrogen) atoms. The third kappa shape index (κ3) is 3.95. The van der Waals surface area contributed by atoms with E-state index in [1.807, 2.05) is 9.62 Å². The average Bonchev–Trinajstić information content (AvgIpc) is 3.41. The van der Waals surface area contributed by atoms with Gasteiger partial charge in [-0.05, 0) is 57.3 Å². The molecule has 1 aliphatic carbocycles. The van der Waals surface area contributed by atoms with Gasteiger partial charge >= 0.3 is 0 Å². The molecule has 1 aromatic heterocycles. The molecule has 0 amide bonds. The summed E-state index contributed by atoms with van der Waals surface area (Å²) in [6, 6.07) is 4.86. The van der Waals surface area contributed by atoms with Crippen LogP contribution in [0.4, 0.5) is 24.7 Å². The van der Waals surface area contributed by atoms with Gasteiger partial charge in [0.15, 0.2) is 10.7 Å². The molecule has 3 fully saturated rings. The standard InChI is InChI=1S/C22H24ClF3N4O2S/c23-19-15(30-11-8-22(13-30)7-6-16(22)29-9-1-2-10-29)12-14(24)21(20(19)26)33(31,32)28-18-5-3-4-17(25)27-18/h3-5,12,16H,1-2,6-11,13H2,(H,27,28)/t16-,22-/m0/s1. The van der Waals surface area contributed by atoms with Crippen LogP contribution < -0.4 is 9.62 Å². The van der Waals surface area contributed by atoms with Gasteiger partial charge in [0.1, 0.15) is 16.7 Å². The molecular weight excluding hydrogens is 477 g/mol. The Morgan fingerprint density at radius 1 is 1.12 bits per heavy atom. The van der Waals surface area contributed by atoms with Crippen molar-refractivity contribution in [2.75, 3.05) is 35.8 Å². The summed E-state index contributed by atoms with van der Waals surface area (Å²) < 4.78 is 70.6. The molecule has 3 heterocycles. The summed E-state index contributed by atoms with van der Waals surface area (Å²) in [6.07, 6.45) is 5.49. The molecule has 1 spiro atoms. The van der Waals surface area contributed by atoms with Crippen molar-refractivity contribution in [2.45, 2.75) is 43.0 Å². The maximum absolute atomic E-state index is 15.1. The van der Waals surface area contributed by atoms with Gasteiger partial charge in [0.2, 0.25) is 5.95 Å². The predicted octanol–water partition coefficient (Wildman–Crippen LogP) is 4.41. The molecule has 6 nitrogen and oxygen atoms in total. The van der Waals surface area contributed by atoms with E-state index < -0.39 is 43.3 Å². The van der Waals surface area contributed by atoms with E-state index in [0.717, 1.165) is 44.5 Å². The van der Waals surface area contributed by atoms with Gasteiger partial charge in [-0.3, -0.25) is 9.62 Å². The van der Waals surface area contributed by atoms with E-state index in [4.69, 9.17) is 11.6 Å². The monoisotopic (exact) mass is 500 g/mol. The lowest BCUT2D eigenvalue weighted by molar-refractivity contribution is 0.00199. The van der Waals surface area contributed by atoms with Gasteiger partial charge in [-0.2, -0.15) is 4.39 Å². The van der Waals surface area contributed by atoms with Crippen LogP contribution >= 0.6 is 11.6 Å². The topological polar surface area (TPSA) is 65.5 Å². The van der Waals surface area contributed by atoms with Crippen LogP contribution in [0.15, 0.2) is 29.2 Å². The van der Waals surface area contributed by atoms with Gasteiger partial charge in [0, 0.05) is 30.6 Å². The molecule has 2 atom stereocenters. The van der Waals surface area contributed by atoms with Crippen LogP contribution in [0.1, 0.15) is 32.1 Å². The lowest BCUT2D eigenvalue weighted by Crippen LogP contribution is -2.55. The molecule has 178 valence electrons. The molecule has 0 unspecified atom stereocenters. The number of likely N-dealkylation sites (tertiary alicyclic amines) is 1. The number of aromatic nitrogens is 1. The van der Waals surface area contributed by atoms with Gasteiger partial charge in [0.25, 0.3) is 10.0 Å². The molecule has 2 saturated heterocycles. The van der Waals surface area contributed by atoms with E-state index in [2.05, 4.69) is 9.88 Å². The SMILES string of the molecule is O=S(=O)(Nc1cccc(F)n1)c1c(F)cc(N2CC[C@@]3(CC[C@@H]3N3CCCC3)C2)c(Cl)c1F. The Bertz CT molecular complexity index is 1190. The minimum atomic E-state index is -4.73. The summed E-state index contributed by atoms with van der Waals surface area (Å²) in [5, 5.41) is -0.446. The van der Waals surface area contributed by atoms with Crippen molar-refractivity contribution in [3.8, 4) is 0 Å². The van der Waals surface area contributed by atoms with E-state index in [1.54, 1.807) is 0 Å². The number of nitrogens with one attached hydrogen (secondary N) is 1. The van der Waals surface area contributed by atoms with Crippen LogP contribution in [0.3, 0.4) is 0 Å². The molecule has 5 rings (SSSR count). The van der Waals surface area contributed by atoms with E-state index >= 15 is 4.39 Å². The molecule has 0 radical (unpaired) electrons. The van der Waals surface area contributed by atoms with Crippen LogP contribution in [0, 0.1) is 23.0 Å². The molecule has 1 saturated carbocycles. The zero-order valence-electron chi connectivity index (χ0n) is 17.8. The fraction of sp³-hybridized carbons (Fsp3) is 0.500. The first kappa shape index (κ1) is 22.7. The molecule has 2 aliphatic heterocycles. The lowest BCUT2D eigenvalue weighted by Gasteiger charge is -2.51. The Morgan fingerprint density at radius 2 is 1.88 bits per heavy atom. The summed E-state index contributed by atoms with van der Waals surface area (Å²) in [6.45, 7) is 3.41. The number of halogens is 4. The Labute approximate surface area is 195 Å². The number of benzene rings is 1. The molecule has 1 aromatic carbocycles. The van der Waals surface area contributed by atoms with Crippen molar-refractivity contribution in [1.82, 2.24) is 9.88 Å². The van der Waals surface area contributed by atoms with E-state index in [1.165, 1.54) is 25.0 Å². The van der Waals surface area contributed by atoms with Crippen LogP contribution in [0.5, 0.6) is 0 Å². The Morgan fingerprint density at radius 3 is 2.55 bits per heavy atom. The Kier molecular flexibility index (Phi) is 5.73. The number of hydrogen-bond donors (Lipinski definition) is 1. The van der Waals surface area contributed by atoms with Crippen LogP contribution in [-0.2, 0) is 10.0 Å². The second kappa shape index (κ2) is 8.32.